The number of benzene rings is 2. The third-order valence-corrected chi connectivity index (χ3v) is 10.9. The highest BCUT2D eigenvalue weighted by atomic mass is 32.2. The molecular weight excluding hydrogens is 593 g/mol. The maximum absolute atomic E-state index is 13.2. The Labute approximate surface area is 270 Å². The summed E-state index contributed by atoms with van der Waals surface area (Å²) in [6, 6.07) is 15.3. The van der Waals surface area contributed by atoms with Crippen LogP contribution in [0.2, 0.25) is 0 Å². The van der Waals surface area contributed by atoms with Gasteiger partial charge in [-0.1, -0.05) is 33.1 Å². The molecule has 0 aromatic heterocycles. The summed E-state index contributed by atoms with van der Waals surface area (Å²) in [5.74, 6) is 1.82. The van der Waals surface area contributed by atoms with Crippen molar-refractivity contribution in [2.75, 3.05) is 52.6 Å². The minimum absolute atomic E-state index is 0.322. The Kier molecular flexibility index (Phi) is 16.8. The Hall–Kier alpha value is -2.60. The topological polar surface area (TPSA) is 111 Å². The van der Waals surface area contributed by atoms with E-state index in [0.29, 0.717) is 35.5 Å². The van der Waals surface area contributed by atoms with E-state index in [2.05, 4.69) is 38.9 Å². The molecule has 9 nitrogen and oxygen atoms in total. The number of nitrogens with one attached hydrogen (secondary N) is 1. The molecule has 11 heteroatoms. The Balaban J connectivity index is 0.00000127. The second-order valence-electron chi connectivity index (χ2n) is 11.1. The lowest BCUT2D eigenvalue weighted by molar-refractivity contribution is -0.106. The largest absolute Gasteiger partial charge is 0.388 e. The van der Waals surface area contributed by atoms with Crippen molar-refractivity contribution in [1.29, 1.82) is 0 Å². The van der Waals surface area contributed by atoms with E-state index in [-0.39, 0.29) is 0 Å². The first kappa shape index (κ1) is 37.6. The van der Waals surface area contributed by atoms with Gasteiger partial charge < -0.3 is 20.7 Å². The Morgan fingerprint density at radius 1 is 0.955 bits per heavy atom. The van der Waals surface area contributed by atoms with Crippen LogP contribution in [0, 0.1) is 11.8 Å². The van der Waals surface area contributed by atoms with Crippen LogP contribution in [0.25, 0.3) is 0 Å². The minimum atomic E-state index is -3.48. The van der Waals surface area contributed by atoms with E-state index in [1.165, 1.54) is 43.9 Å². The molecule has 2 saturated heterocycles. The lowest BCUT2D eigenvalue weighted by Gasteiger charge is -2.33. The maximum Gasteiger partial charge on any atom is 0.243 e. The second kappa shape index (κ2) is 19.7. The van der Waals surface area contributed by atoms with Crippen LogP contribution in [0.15, 0.2) is 63.3 Å². The molecule has 2 fully saturated rings. The molecule has 0 saturated carbocycles. The van der Waals surface area contributed by atoms with E-state index < -0.39 is 10.0 Å². The van der Waals surface area contributed by atoms with Crippen molar-refractivity contribution in [1.82, 2.24) is 13.5 Å². The van der Waals surface area contributed by atoms with E-state index in [1.807, 2.05) is 46.9 Å². The number of hydrogen-bond donors (Lipinski definition) is 2. The zero-order valence-corrected chi connectivity index (χ0v) is 29.2. The number of piperidine rings is 2. The first-order valence-corrected chi connectivity index (χ1v) is 18.1. The molecule has 2 aliphatic rings. The predicted molar refractivity (Wildman–Crippen MR) is 186 cm³/mol. The van der Waals surface area contributed by atoms with Gasteiger partial charge in [-0.25, -0.2) is 17.7 Å². The molecule has 0 aliphatic carbocycles. The molecule has 2 heterocycles. The standard InChI is InChI=1S/C29H44N6O2S2.C2H4O.C2H6/c1-31-25-7-11-27(12-8-25)38-34-19-15-23(16-20-34)5-4-6-24-17-21-35(22-18-24)39(36,37)28-13-9-26(10-14-28)32-29(30)33(2)3;1-2-3;1-2/h7-14,23-24,31H,4-6,15-22H2,1-3H3,(H2,30,32);2H,1H3;1-2H3. The first-order chi connectivity index (χ1) is 21.2. The fourth-order valence-corrected chi connectivity index (χ4v) is 7.75. The Bertz CT molecular complexity index is 1220. The van der Waals surface area contributed by atoms with Crippen LogP contribution in [-0.2, 0) is 14.8 Å². The zero-order chi connectivity index (χ0) is 32.5. The van der Waals surface area contributed by atoms with Crippen molar-refractivity contribution >= 4 is 45.6 Å². The molecule has 0 atom stereocenters. The number of guanidine groups is 1. The molecule has 3 N–H and O–H groups in total. The van der Waals surface area contributed by atoms with E-state index in [0.717, 1.165) is 43.8 Å². The molecule has 4 rings (SSSR count). The van der Waals surface area contributed by atoms with Crippen LogP contribution >= 0.6 is 11.9 Å². The molecule has 0 amide bonds. The van der Waals surface area contributed by atoms with Crippen LogP contribution < -0.4 is 11.1 Å². The first-order valence-electron chi connectivity index (χ1n) is 15.9. The number of nitrogens with two attached hydrogens (primary N) is 1. The highest BCUT2D eigenvalue weighted by molar-refractivity contribution is 7.97. The van der Waals surface area contributed by atoms with Crippen LogP contribution in [0.1, 0.15) is 65.7 Å². The third kappa shape index (κ3) is 12.1. The number of anilines is 1. The van der Waals surface area contributed by atoms with E-state index in [1.54, 1.807) is 33.5 Å². The summed E-state index contributed by atoms with van der Waals surface area (Å²) in [6.45, 7) is 8.95. The van der Waals surface area contributed by atoms with Gasteiger partial charge in [-0.2, -0.15) is 4.31 Å². The monoisotopic (exact) mass is 646 g/mol. The molecule has 0 radical (unpaired) electrons. The van der Waals surface area contributed by atoms with Crippen molar-refractivity contribution in [2.45, 2.75) is 75.5 Å². The lowest BCUT2D eigenvalue weighted by atomic mass is 9.87. The molecule has 44 heavy (non-hydrogen) atoms. The molecule has 0 bridgehead atoms. The summed E-state index contributed by atoms with van der Waals surface area (Å²) < 4.78 is 30.5. The molecule has 2 aromatic carbocycles. The number of hydrogen-bond acceptors (Lipinski definition) is 7. The number of carbonyl (C=O) groups is 1. The van der Waals surface area contributed by atoms with Gasteiger partial charge in [0.1, 0.15) is 6.29 Å². The Morgan fingerprint density at radius 2 is 1.45 bits per heavy atom. The van der Waals surface area contributed by atoms with Gasteiger partial charge >= 0.3 is 0 Å². The fourth-order valence-electron chi connectivity index (χ4n) is 5.33. The number of aliphatic imine (C=N–C) groups is 1. The summed E-state index contributed by atoms with van der Waals surface area (Å²) in [4.78, 5) is 16.4. The summed E-state index contributed by atoms with van der Waals surface area (Å²) >= 11 is 1.88. The van der Waals surface area contributed by atoms with Gasteiger partial charge in [-0.15, -0.1) is 0 Å². The van der Waals surface area contributed by atoms with Gasteiger partial charge in [0.15, 0.2) is 5.96 Å². The third-order valence-electron chi connectivity index (χ3n) is 7.93. The van der Waals surface area contributed by atoms with Crippen LogP contribution in [0.3, 0.4) is 0 Å². The summed E-state index contributed by atoms with van der Waals surface area (Å²) in [6.07, 6.45) is 8.93. The molecular formula is C33H54N6O3S2. The highest BCUT2D eigenvalue weighted by Gasteiger charge is 2.29. The molecule has 2 aliphatic heterocycles. The SMILES string of the molecule is CC.CC=O.CNc1ccc(SN2CCC(CCCC3CCN(S(=O)(=O)c4ccc(N=C(N)N(C)C)cc4)CC3)CC2)cc1. The number of sulfonamides is 1. The molecule has 0 spiro atoms. The lowest BCUT2D eigenvalue weighted by Crippen LogP contribution is -2.38. The average Bonchev–Trinajstić information content (AvgIpc) is 3.04. The number of carbonyl (C=O) groups excluding carboxylic acids is 1. The highest BCUT2D eigenvalue weighted by Crippen LogP contribution is 2.33. The van der Waals surface area contributed by atoms with Gasteiger partial charge in [0.25, 0.3) is 0 Å². The van der Waals surface area contributed by atoms with E-state index in [4.69, 9.17) is 10.5 Å². The van der Waals surface area contributed by atoms with Gasteiger partial charge in [0.05, 0.1) is 10.6 Å². The summed E-state index contributed by atoms with van der Waals surface area (Å²) in [7, 11) is 2.10. The van der Waals surface area contributed by atoms with Crippen molar-refractivity contribution in [3.8, 4) is 0 Å². The second-order valence-corrected chi connectivity index (χ2v) is 14.2. The average molecular weight is 647 g/mol. The van der Waals surface area contributed by atoms with Crippen LogP contribution in [-0.4, -0.2) is 81.5 Å². The number of nitrogens with zero attached hydrogens (tertiary/aromatic N) is 4. The van der Waals surface area contributed by atoms with Crippen LogP contribution in [0.5, 0.6) is 0 Å². The fraction of sp³-hybridized carbons (Fsp3) is 0.576. The molecule has 0 unspecified atom stereocenters. The normalized spacial score (nSPS) is 17.1. The number of aldehydes is 1. The van der Waals surface area contributed by atoms with Crippen molar-refractivity contribution in [3.05, 3.63) is 48.5 Å². The molecule has 2 aromatic rings. The van der Waals surface area contributed by atoms with Crippen molar-refractivity contribution in [2.24, 2.45) is 22.6 Å². The predicted octanol–water partition coefficient (Wildman–Crippen LogP) is 6.46. The van der Waals surface area contributed by atoms with Gasteiger partial charge in [-0.3, -0.25) is 0 Å². The smallest absolute Gasteiger partial charge is 0.243 e. The number of rotatable bonds is 10. The van der Waals surface area contributed by atoms with Gasteiger partial charge in [0, 0.05) is 57.9 Å². The van der Waals surface area contributed by atoms with E-state index in [9.17, 15) is 8.42 Å². The zero-order valence-electron chi connectivity index (χ0n) is 27.5. The summed E-state index contributed by atoms with van der Waals surface area (Å²) in [5, 5.41) is 3.17. The quantitative estimate of drug-likeness (QED) is 0.131. The summed E-state index contributed by atoms with van der Waals surface area (Å²) in [5.41, 5.74) is 7.65. The van der Waals surface area contributed by atoms with E-state index >= 15 is 0 Å². The Morgan fingerprint density at radius 3 is 1.93 bits per heavy atom. The maximum atomic E-state index is 13.2. The minimum Gasteiger partial charge on any atom is -0.388 e. The van der Waals surface area contributed by atoms with Gasteiger partial charge in [0.2, 0.25) is 10.0 Å². The van der Waals surface area contributed by atoms with Crippen molar-refractivity contribution in [3.63, 3.8) is 0 Å². The van der Waals surface area contributed by atoms with Crippen LogP contribution in [0.4, 0.5) is 11.4 Å². The van der Waals surface area contributed by atoms with Gasteiger partial charge in [-0.05, 0) is 105 Å². The van der Waals surface area contributed by atoms with Crippen molar-refractivity contribution < 1.29 is 13.2 Å². The molecule has 246 valence electrons.